The van der Waals surface area contributed by atoms with Gasteiger partial charge in [-0.05, 0) is 36.6 Å². The van der Waals surface area contributed by atoms with Crippen LogP contribution in [0.15, 0.2) is 18.2 Å². The predicted molar refractivity (Wildman–Crippen MR) is 93.3 cm³/mol. The van der Waals surface area contributed by atoms with E-state index in [4.69, 9.17) is 10.5 Å². The number of likely N-dealkylation sites (tertiary alicyclic amines) is 2. The molecular formula is C19H21F2N5O. The highest BCUT2D eigenvalue weighted by atomic mass is 19.1. The number of benzene rings is 1. The zero-order valence-corrected chi connectivity index (χ0v) is 14.9. The Hall–Kier alpha value is -2.55. The summed E-state index contributed by atoms with van der Waals surface area (Å²) in [6.07, 6.45) is 0.696. The van der Waals surface area contributed by atoms with Gasteiger partial charge in [0.05, 0.1) is 30.8 Å². The Labute approximate surface area is 157 Å². The second-order valence-corrected chi connectivity index (χ2v) is 6.96. The van der Waals surface area contributed by atoms with Crippen LogP contribution in [0.5, 0.6) is 0 Å². The summed E-state index contributed by atoms with van der Waals surface area (Å²) >= 11 is 0. The predicted octanol–water partition coefficient (Wildman–Crippen LogP) is 1.84. The van der Waals surface area contributed by atoms with Gasteiger partial charge >= 0.3 is 0 Å². The van der Waals surface area contributed by atoms with Crippen molar-refractivity contribution in [3.63, 3.8) is 0 Å². The van der Waals surface area contributed by atoms with Crippen molar-refractivity contribution >= 4 is 5.91 Å². The number of carbonyl (C=O) groups is 1. The van der Waals surface area contributed by atoms with Crippen molar-refractivity contribution in [2.75, 3.05) is 26.3 Å². The lowest BCUT2D eigenvalue weighted by Crippen LogP contribution is -2.43. The highest BCUT2D eigenvalue weighted by Gasteiger charge is 2.35. The van der Waals surface area contributed by atoms with Gasteiger partial charge in [-0.3, -0.25) is 15.0 Å². The van der Waals surface area contributed by atoms with E-state index in [1.807, 2.05) is 12.1 Å². The summed E-state index contributed by atoms with van der Waals surface area (Å²) in [6.45, 7) is 1.19. The molecule has 2 fully saturated rings. The molecule has 0 aromatic heterocycles. The maximum atomic E-state index is 13.7. The lowest BCUT2D eigenvalue weighted by Gasteiger charge is -2.26. The fraction of sp³-hybridized carbons (Fsp3) is 0.526. The van der Waals surface area contributed by atoms with Crippen LogP contribution < -0.4 is 5.32 Å². The zero-order valence-electron chi connectivity index (χ0n) is 14.9. The van der Waals surface area contributed by atoms with Crippen LogP contribution in [0.1, 0.15) is 36.4 Å². The van der Waals surface area contributed by atoms with E-state index in [0.29, 0.717) is 6.67 Å². The quantitative estimate of drug-likeness (QED) is 0.852. The zero-order chi connectivity index (χ0) is 19.4. The number of rotatable bonds is 5. The molecule has 2 aliphatic heterocycles. The molecule has 6 nitrogen and oxygen atoms in total. The van der Waals surface area contributed by atoms with Gasteiger partial charge in [0.1, 0.15) is 18.0 Å². The van der Waals surface area contributed by atoms with Gasteiger partial charge < -0.3 is 4.90 Å². The second-order valence-electron chi connectivity index (χ2n) is 6.96. The molecule has 8 heteroatoms. The first-order chi connectivity index (χ1) is 13.0. The molecule has 1 amide bonds. The molecule has 2 heterocycles. The van der Waals surface area contributed by atoms with E-state index in [2.05, 4.69) is 10.2 Å². The topological polar surface area (TPSA) is 83.2 Å². The number of carbonyl (C=O) groups excluding carboxylic acids is 1. The number of nitrogens with one attached hydrogen (secondary N) is 1. The molecule has 27 heavy (non-hydrogen) atoms. The third-order valence-corrected chi connectivity index (χ3v) is 5.11. The fourth-order valence-corrected chi connectivity index (χ4v) is 3.85. The van der Waals surface area contributed by atoms with Gasteiger partial charge in [-0.2, -0.15) is 10.5 Å². The molecule has 1 aromatic carbocycles. The number of nitrogens with zero attached hydrogens (tertiary/aromatic N) is 4. The Morgan fingerprint density at radius 1 is 1.33 bits per heavy atom. The third-order valence-electron chi connectivity index (χ3n) is 5.11. The highest BCUT2D eigenvalue weighted by molar-refractivity contribution is 5.79. The van der Waals surface area contributed by atoms with Crippen molar-refractivity contribution < 1.29 is 13.6 Å². The molecule has 142 valence electrons. The monoisotopic (exact) mass is 373 g/mol. The van der Waals surface area contributed by atoms with Crippen LogP contribution in [-0.4, -0.2) is 54.2 Å². The molecule has 0 saturated carbocycles. The normalized spacial score (nSPS) is 25.3. The summed E-state index contributed by atoms with van der Waals surface area (Å²) in [5.74, 6) is -0.730. The molecule has 0 unspecified atom stereocenters. The van der Waals surface area contributed by atoms with Crippen molar-refractivity contribution in [1.29, 1.82) is 10.5 Å². The van der Waals surface area contributed by atoms with Crippen LogP contribution in [0.4, 0.5) is 8.78 Å². The summed E-state index contributed by atoms with van der Waals surface area (Å²) in [6, 6.07) is 7.55. The van der Waals surface area contributed by atoms with Crippen molar-refractivity contribution in [3.8, 4) is 12.1 Å². The van der Waals surface area contributed by atoms with Crippen molar-refractivity contribution in [2.45, 2.75) is 37.5 Å². The smallest absolute Gasteiger partial charge is 0.237 e. The van der Waals surface area contributed by atoms with Gasteiger partial charge in [0.25, 0.3) is 0 Å². The lowest BCUT2D eigenvalue weighted by molar-refractivity contribution is -0.130. The molecular weight excluding hydrogens is 352 g/mol. The second kappa shape index (κ2) is 8.43. The minimum Gasteiger partial charge on any atom is -0.323 e. The number of halogens is 2. The van der Waals surface area contributed by atoms with Crippen LogP contribution in [0.25, 0.3) is 0 Å². The number of hydrogen-bond donors (Lipinski definition) is 1. The Morgan fingerprint density at radius 3 is 2.89 bits per heavy atom. The number of nitriles is 2. The van der Waals surface area contributed by atoms with Gasteiger partial charge in [-0.1, -0.05) is 0 Å². The molecule has 1 aromatic rings. The molecule has 3 rings (SSSR count). The maximum absolute atomic E-state index is 13.7. The van der Waals surface area contributed by atoms with E-state index in [0.717, 1.165) is 24.9 Å². The molecule has 0 bridgehead atoms. The first-order valence-corrected chi connectivity index (χ1v) is 9.00. The lowest BCUT2D eigenvalue weighted by atomic mass is 10.0. The first kappa shape index (κ1) is 19.2. The Balaban J connectivity index is 1.56. The summed E-state index contributed by atoms with van der Waals surface area (Å²) in [4.78, 5) is 15.6. The van der Waals surface area contributed by atoms with Gasteiger partial charge in [0, 0.05) is 25.7 Å². The Kier molecular flexibility index (Phi) is 6.00. The number of amides is 1. The first-order valence-electron chi connectivity index (χ1n) is 9.00. The Morgan fingerprint density at radius 2 is 2.15 bits per heavy atom. The van der Waals surface area contributed by atoms with Crippen LogP contribution in [-0.2, 0) is 4.79 Å². The van der Waals surface area contributed by atoms with Crippen LogP contribution in [0.3, 0.4) is 0 Å². The standard InChI is InChI=1S/C19H21F2N5O/c20-15-5-13(8-22)4-14(6-15)18-2-1-3-25(18)12-24-10-19(27)26-11-16(21)7-17(26)9-23/h4-6,16-18,24H,1-3,7,10-12H2/t16-,17-,18+/m0/s1. The van der Waals surface area contributed by atoms with E-state index in [9.17, 15) is 13.6 Å². The molecule has 0 aliphatic carbocycles. The summed E-state index contributed by atoms with van der Waals surface area (Å²) in [7, 11) is 0. The van der Waals surface area contributed by atoms with Gasteiger partial charge in [-0.15, -0.1) is 0 Å². The SMILES string of the molecule is N#Cc1cc(F)cc([C@H]2CCCN2CNCC(=O)N2C[C@@H](F)C[C@H]2C#N)c1. The third kappa shape index (κ3) is 4.41. The molecule has 3 atom stereocenters. The van der Waals surface area contributed by atoms with Crippen molar-refractivity contribution in [2.24, 2.45) is 0 Å². The van der Waals surface area contributed by atoms with Gasteiger partial charge in [0.2, 0.25) is 5.91 Å². The molecule has 1 N–H and O–H groups in total. The van der Waals surface area contributed by atoms with E-state index in [1.165, 1.54) is 17.0 Å². The average Bonchev–Trinajstić information content (AvgIpc) is 3.27. The van der Waals surface area contributed by atoms with E-state index in [-0.39, 0.29) is 37.0 Å². The Bertz CT molecular complexity index is 787. The molecule has 0 spiro atoms. The molecule has 2 saturated heterocycles. The van der Waals surface area contributed by atoms with Gasteiger partial charge in [0.15, 0.2) is 0 Å². The summed E-state index contributed by atoms with van der Waals surface area (Å²) in [5, 5.41) is 21.1. The summed E-state index contributed by atoms with van der Waals surface area (Å²) < 4.78 is 27.2. The number of hydrogen-bond acceptors (Lipinski definition) is 5. The van der Waals surface area contributed by atoms with Gasteiger partial charge in [-0.25, -0.2) is 8.78 Å². The minimum absolute atomic E-state index is 0.0146. The van der Waals surface area contributed by atoms with Crippen molar-refractivity contribution in [3.05, 3.63) is 35.1 Å². The highest BCUT2D eigenvalue weighted by Crippen LogP contribution is 2.32. The van der Waals surface area contributed by atoms with Crippen molar-refractivity contribution in [1.82, 2.24) is 15.1 Å². The van der Waals surface area contributed by atoms with Crippen LogP contribution in [0, 0.1) is 28.5 Å². The maximum Gasteiger partial charge on any atom is 0.237 e. The average molecular weight is 373 g/mol. The molecule has 2 aliphatic rings. The molecule has 0 radical (unpaired) electrons. The largest absolute Gasteiger partial charge is 0.323 e. The summed E-state index contributed by atoms with van der Waals surface area (Å²) in [5.41, 5.74) is 1.04. The van der Waals surface area contributed by atoms with E-state index < -0.39 is 18.0 Å². The minimum atomic E-state index is -1.15. The van der Waals surface area contributed by atoms with Crippen LogP contribution in [0.2, 0.25) is 0 Å². The van der Waals surface area contributed by atoms with E-state index in [1.54, 1.807) is 6.07 Å². The van der Waals surface area contributed by atoms with E-state index >= 15 is 0 Å². The fourth-order valence-electron chi connectivity index (χ4n) is 3.85. The van der Waals surface area contributed by atoms with Crippen LogP contribution >= 0.6 is 0 Å². The number of alkyl halides is 1.